The SMILES string of the molecule is COc1ccc([C@@H]2CN(C(=O)c3ccc(Cl)cc3Cl)C[C@H]2C(=O)NCC(C)C)c(OC)c1. The molecule has 1 heterocycles. The zero-order valence-corrected chi connectivity index (χ0v) is 20.2. The van der Waals surface area contributed by atoms with E-state index in [0.717, 1.165) is 5.56 Å². The van der Waals surface area contributed by atoms with Gasteiger partial charge in [0.2, 0.25) is 5.91 Å². The Kier molecular flexibility index (Phi) is 7.91. The van der Waals surface area contributed by atoms with Gasteiger partial charge in [-0.2, -0.15) is 0 Å². The van der Waals surface area contributed by atoms with E-state index in [0.29, 0.717) is 41.1 Å². The number of likely N-dealkylation sites (tertiary alicyclic amines) is 1. The molecule has 1 aliphatic rings. The second kappa shape index (κ2) is 10.5. The molecule has 1 N–H and O–H groups in total. The maximum atomic E-state index is 13.3. The third-order valence-electron chi connectivity index (χ3n) is 5.63. The monoisotopic (exact) mass is 478 g/mol. The first-order valence-corrected chi connectivity index (χ1v) is 11.2. The number of carbonyl (C=O) groups is 2. The second-order valence-corrected chi connectivity index (χ2v) is 9.14. The summed E-state index contributed by atoms with van der Waals surface area (Å²) in [4.78, 5) is 28.0. The van der Waals surface area contributed by atoms with Gasteiger partial charge in [-0.15, -0.1) is 0 Å². The number of nitrogens with one attached hydrogen (secondary N) is 1. The molecule has 8 heteroatoms. The summed E-state index contributed by atoms with van der Waals surface area (Å²) in [6.07, 6.45) is 0. The van der Waals surface area contributed by atoms with Crippen LogP contribution in [0.1, 0.15) is 35.7 Å². The van der Waals surface area contributed by atoms with Gasteiger partial charge in [0.05, 0.1) is 30.7 Å². The van der Waals surface area contributed by atoms with Crippen LogP contribution in [0.15, 0.2) is 36.4 Å². The molecular weight excluding hydrogens is 451 g/mol. The summed E-state index contributed by atoms with van der Waals surface area (Å²) in [6, 6.07) is 10.3. The summed E-state index contributed by atoms with van der Waals surface area (Å²) in [5, 5.41) is 3.76. The predicted octanol–water partition coefficient (Wildman–Crippen LogP) is 4.64. The Labute approximate surface area is 198 Å². The van der Waals surface area contributed by atoms with E-state index in [9.17, 15) is 9.59 Å². The van der Waals surface area contributed by atoms with E-state index >= 15 is 0 Å². The summed E-state index contributed by atoms with van der Waals surface area (Å²) in [5.41, 5.74) is 1.22. The first-order valence-electron chi connectivity index (χ1n) is 10.5. The maximum absolute atomic E-state index is 13.3. The van der Waals surface area contributed by atoms with Gasteiger partial charge in [-0.05, 0) is 30.2 Å². The molecule has 1 aliphatic heterocycles. The van der Waals surface area contributed by atoms with Crippen LogP contribution in [0.5, 0.6) is 11.5 Å². The lowest BCUT2D eigenvalue weighted by Gasteiger charge is -2.21. The van der Waals surface area contributed by atoms with Crippen LogP contribution in [-0.4, -0.2) is 50.6 Å². The Morgan fingerprint density at radius 2 is 1.84 bits per heavy atom. The highest BCUT2D eigenvalue weighted by Crippen LogP contribution is 2.40. The van der Waals surface area contributed by atoms with Gasteiger partial charge in [0.1, 0.15) is 11.5 Å². The zero-order chi connectivity index (χ0) is 23.4. The highest BCUT2D eigenvalue weighted by molar-refractivity contribution is 6.36. The fourth-order valence-corrected chi connectivity index (χ4v) is 4.43. The van der Waals surface area contributed by atoms with Crippen LogP contribution in [0.25, 0.3) is 0 Å². The number of amides is 2. The minimum atomic E-state index is -0.425. The van der Waals surface area contributed by atoms with E-state index in [1.165, 1.54) is 0 Å². The summed E-state index contributed by atoms with van der Waals surface area (Å²) < 4.78 is 10.9. The minimum absolute atomic E-state index is 0.0842. The number of hydrogen-bond donors (Lipinski definition) is 1. The number of hydrogen-bond acceptors (Lipinski definition) is 4. The van der Waals surface area contributed by atoms with Crippen LogP contribution in [0, 0.1) is 11.8 Å². The Hall–Kier alpha value is -2.44. The molecule has 0 aliphatic carbocycles. The summed E-state index contributed by atoms with van der Waals surface area (Å²) in [6.45, 7) is 5.29. The Morgan fingerprint density at radius 3 is 2.47 bits per heavy atom. The third-order valence-corrected chi connectivity index (χ3v) is 6.18. The quantitative estimate of drug-likeness (QED) is 0.629. The van der Waals surface area contributed by atoms with Crippen molar-refractivity contribution in [2.45, 2.75) is 19.8 Å². The number of carbonyl (C=O) groups excluding carboxylic acids is 2. The average molecular weight is 479 g/mol. The Morgan fingerprint density at radius 1 is 1.09 bits per heavy atom. The smallest absolute Gasteiger partial charge is 0.255 e. The second-order valence-electron chi connectivity index (χ2n) is 8.29. The molecule has 2 atom stereocenters. The van der Waals surface area contributed by atoms with Crippen LogP contribution < -0.4 is 14.8 Å². The van der Waals surface area contributed by atoms with E-state index in [2.05, 4.69) is 5.32 Å². The van der Waals surface area contributed by atoms with Gasteiger partial charge in [0.25, 0.3) is 5.91 Å². The van der Waals surface area contributed by atoms with Crippen LogP contribution in [0.2, 0.25) is 10.0 Å². The van der Waals surface area contributed by atoms with Crippen molar-refractivity contribution < 1.29 is 19.1 Å². The van der Waals surface area contributed by atoms with Crippen molar-refractivity contribution in [1.29, 1.82) is 0 Å². The maximum Gasteiger partial charge on any atom is 0.255 e. The molecule has 6 nitrogen and oxygen atoms in total. The van der Waals surface area contributed by atoms with Gasteiger partial charge in [-0.25, -0.2) is 0 Å². The van der Waals surface area contributed by atoms with Gasteiger partial charge in [-0.1, -0.05) is 43.1 Å². The topological polar surface area (TPSA) is 67.9 Å². The van der Waals surface area contributed by atoms with Crippen molar-refractivity contribution in [2.24, 2.45) is 11.8 Å². The molecule has 3 rings (SSSR count). The van der Waals surface area contributed by atoms with E-state index in [-0.39, 0.29) is 29.3 Å². The standard InChI is InChI=1S/C24H28Cl2N2O4/c1-14(2)11-27-23(29)20-13-28(24(30)18-7-5-15(25)9-21(18)26)12-19(20)17-8-6-16(31-3)10-22(17)32-4/h5-10,14,19-20H,11-13H2,1-4H3,(H,27,29)/t19-,20+/m0/s1. The molecule has 0 spiro atoms. The van der Waals surface area contributed by atoms with E-state index in [4.69, 9.17) is 32.7 Å². The van der Waals surface area contributed by atoms with Gasteiger partial charge in [0, 0.05) is 42.2 Å². The van der Waals surface area contributed by atoms with Crippen molar-refractivity contribution in [3.63, 3.8) is 0 Å². The average Bonchev–Trinajstić information content (AvgIpc) is 3.21. The lowest BCUT2D eigenvalue weighted by molar-refractivity contribution is -0.125. The molecule has 0 aromatic heterocycles. The largest absolute Gasteiger partial charge is 0.497 e. The first-order chi connectivity index (χ1) is 15.2. The van der Waals surface area contributed by atoms with E-state index in [1.54, 1.807) is 43.4 Å². The van der Waals surface area contributed by atoms with Crippen molar-refractivity contribution >= 4 is 35.0 Å². The van der Waals surface area contributed by atoms with Gasteiger partial charge in [-0.3, -0.25) is 9.59 Å². The predicted molar refractivity (Wildman–Crippen MR) is 126 cm³/mol. The molecule has 172 valence electrons. The highest BCUT2D eigenvalue weighted by atomic mass is 35.5. The lowest BCUT2D eigenvalue weighted by Crippen LogP contribution is -2.37. The van der Waals surface area contributed by atoms with Crippen LogP contribution in [0.3, 0.4) is 0 Å². The summed E-state index contributed by atoms with van der Waals surface area (Å²) in [5.74, 6) is 0.617. The zero-order valence-electron chi connectivity index (χ0n) is 18.7. The molecule has 0 radical (unpaired) electrons. The number of ether oxygens (including phenoxy) is 2. The van der Waals surface area contributed by atoms with E-state index in [1.807, 2.05) is 26.0 Å². The van der Waals surface area contributed by atoms with Crippen molar-refractivity contribution in [3.8, 4) is 11.5 Å². The van der Waals surface area contributed by atoms with Crippen molar-refractivity contribution in [3.05, 3.63) is 57.6 Å². The first kappa shape index (κ1) is 24.2. The normalized spacial score (nSPS) is 18.0. The molecule has 1 fully saturated rings. The van der Waals surface area contributed by atoms with Crippen LogP contribution in [-0.2, 0) is 4.79 Å². The summed E-state index contributed by atoms with van der Waals surface area (Å²) >= 11 is 12.3. The molecule has 2 aromatic carbocycles. The van der Waals surface area contributed by atoms with Crippen molar-refractivity contribution in [2.75, 3.05) is 33.9 Å². The fourth-order valence-electron chi connectivity index (χ4n) is 3.94. The van der Waals surface area contributed by atoms with Gasteiger partial charge >= 0.3 is 0 Å². The number of halogens is 2. The number of benzene rings is 2. The van der Waals surface area contributed by atoms with Crippen LogP contribution >= 0.6 is 23.2 Å². The molecule has 2 aromatic rings. The fraction of sp³-hybridized carbons (Fsp3) is 0.417. The molecule has 2 amide bonds. The Bertz CT molecular complexity index is 996. The van der Waals surface area contributed by atoms with Crippen LogP contribution in [0.4, 0.5) is 0 Å². The third kappa shape index (κ3) is 5.30. The molecule has 0 unspecified atom stereocenters. The molecule has 0 saturated carbocycles. The molecule has 32 heavy (non-hydrogen) atoms. The number of rotatable bonds is 7. The lowest BCUT2D eigenvalue weighted by atomic mass is 9.87. The number of methoxy groups -OCH3 is 2. The summed E-state index contributed by atoms with van der Waals surface area (Å²) in [7, 11) is 3.17. The minimum Gasteiger partial charge on any atom is -0.497 e. The number of nitrogens with zero attached hydrogens (tertiary/aromatic N) is 1. The van der Waals surface area contributed by atoms with Gasteiger partial charge in [0.15, 0.2) is 0 Å². The molecular formula is C24H28Cl2N2O4. The highest BCUT2D eigenvalue weighted by Gasteiger charge is 2.42. The van der Waals surface area contributed by atoms with E-state index < -0.39 is 5.92 Å². The van der Waals surface area contributed by atoms with Crippen molar-refractivity contribution in [1.82, 2.24) is 10.2 Å². The van der Waals surface area contributed by atoms with Gasteiger partial charge < -0.3 is 19.7 Å². The molecule has 1 saturated heterocycles. The Balaban J connectivity index is 1.94. The molecule has 0 bridgehead atoms.